The number of hydrogen-bond donors (Lipinski definition) is 1. The van der Waals surface area contributed by atoms with Crippen molar-refractivity contribution >= 4 is 5.91 Å². The summed E-state index contributed by atoms with van der Waals surface area (Å²) in [5, 5.41) is 9.30. The largest absolute Gasteiger partial charge is 0.508 e. The number of likely N-dealkylation sites (tertiary alicyclic amines) is 1. The van der Waals surface area contributed by atoms with E-state index in [0.29, 0.717) is 5.75 Å². The predicted octanol–water partition coefficient (Wildman–Crippen LogP) is 2.29. The van der Waals surface area contributed by atoms with Crippen LogP contribution >= 0.6 is 0 Å². The minimum atomic E-state index is 0.125. The highest BCUT2D eigenvalue weighted by atomic mass is 16.3. The summed E-state index contributed by atoms with van der Waals surface area (Å²) < 4.78 is 0. The van der Waals surface area contributed by atoms with Crippen LogP contribution in [0.5, 0.6) is 5.75 Å². The zero-order valence-corrected chi connectivity index (χ0v) is 10.4. The third kappa shape index (κ3) is 2.43. The average Bonchev–Trinajstić information content (AvgIpc) is 2.30. The molecule has 1 aliphatic heterocycles. The van der Waals surface area contributed by atoms with Crippen LogP contribution in [0.2, 0.25) is 0 Å². The Morgan fingerprint density at radius 2 is 1.76 bits per heavy atom. The Morgan fingerprint density at radius 3 is 2.24 bits per heavy atom. The van der Waals surface area contributed by atoms with E-state index in [1.165, 1.54) is 5.56 Å². The molecule has 92 valence electrons. The zero-order chi connectivity index (χ0) is 12.5. The summed E-state index contributed by atoms with van der Waals surface area (Å²) in [5.41, 5.74) is 1.37. The lowest BCUT2D eigenvalue weighted by molar-refractivity contribution is -0.130. The number of carbonyl (C=O) groups excluding carboxylic acids is 1. The van der Waals surface area contributed by atoms with Crippen LogP contribution in [-0.2, 0) is 10.2 Å². The monoisotopic (exact) mass is 233 g/mol. The van der Waals surface area contributed by atoms with Gasteiger partial charge in [-0.2, -0.15) is 0 Å². The van der Waals surface area contributed by atoms with Gasteiger partial charge < -0.3 is 10.0 Å². The second-order valence-corrected chi connectivity index (χ2v) is 5.11. The number of carbonyl (C=O) groups is 1. The molecule has 3 nitrogen and oxygen atoms in total. The van der Waals surface area contributed by atoms with Crippen molar-refractivity contribution in [3.63, 3.8) is 0 Å². The molecule has 0 spiro atoms. The van der Waals surface area contributed by atoms with Gasteiger partial charge in [0.05, 0.1) is 0 Å². The van der Waals surface area contributed by atoms with Crippen LogP contribution in [0, 0.1) is 0 Å². The van der Waals surface area contributed by atoms with Gasteiger partial charge in [-0.25, -0.2) is 0 Å². The summed E-state index contributed by atoms with van der Waals surface area (Å²) >= 11 is 0. The lowest BCUT2D eigenvalue weighted by Gasteiger charge is -2.39. The molecule has 1 saturated heterocycles. The Balaban J connectivity index is 2.11. The van der Waals surface area contributed by atoms with Crippen molar-refractivity contribution in [2.75, 3.05) is 13.1 Å². The lowest BCUT2D eigenvalue weighted by Crippen LogP contribution is -2.42. The highest BCUT2D eigenvalue weighted by Gasteiger charge is 2.32. The molecular weight excluding hydrogens is 214 g/mol. The van der Waals surface area contributed by atoms with E-state index in [-0.39, 0.29) is 11.3 Å². The van der Waals surface area contributed by atoms with Crippen molar-refractivity contribution in [2.45, 2.75) is 32.1 Å². The van der Waals surface area contributed by atoms with Gasteiger partial charge in [-0.15, -0.1) is 0 Å². The molecule has 0 atom stereocenters. The molecule has 0 aromatic heterocycles. The van der Waals surface area contributed by atoms with E-state index in [4.69, 9.17) is 0 Å². The molecule has 2 rings (SSSR count). The predicted molar refractivity (Wildman–Crippen MR) is 66.9 cm³/mol. The number of rotatable bonds is 1. The summed E-state index contributed by atoms with van der Waals surface area (Å²) in [6, 6.07) is 7.44. The van der Waals surface area contributed by atoms with Crippen LogP contribution in [0.25, 0.3) is 0 Å². The Hall–Kier alpha value is -1.51. The molecule has 1 amide bonds. The van der Waals surface area contributed by atoms with Gasteiger partial charge in [0.15, 0.2) is 0 Å². The van der Waals surface area contributed by atoms with Gasteiger partial charge >= 0.3 is 0 Å². The zero-order valence-electron chi connectivity index (χ0n) is 10.4. The summed E-state index contributed by atoms with van der Waals surface area (Å²) in [4.78, 5) is 13.2. The Kier molecular flexibility index (Phi) is 3.09. The van der Waals surface area contributed by atoms with E-state index < -0.39 is 0 Å². The topological polar surface area (TPSA) is 40.5 Å². The van der Waals surface area contributed by atoms with Gasteiger partial charge in [0.1, 0.15) is 5.75 Å². The number of amides is 1. The molecule has 1 N–H and O–H groups in total. The number of piperidine rings is 1. The van der Waals surface area contributed by atoms with Gasteiger partial charge in [-0.1, -0.05) is 19.1 Å². The first kappa shape index (κ1) is 12.0. The van der Waals surface area contributed by atoms with E-state index in [1.807, 2.05) is 17.0 Å². The maximum atomic E-state index is 11.3. The summed E-state index contributed by atoms with van der Waals surface area (Å²) in [7, 11) is 0. The maximum Gasteiger partial charge on any atom is 0.219 e. The van der Waals surface area contributed by atoms with Crippen LogP contribution in [0.15, 0.2) is 24.3 Å². The van der Waals surface area contributed by atoms with Gasteiger partial charge in [0.25, 0.3) is 0 Å². The minimum absolute atomic E-state index is 0.125. The number of nitrogens with zero attached hydrogens (tertiary/aromatic N) is 1. The maximum absolute atomic E-state index is 11.3. The summed E-state index contributed by atoms with van der Waals surface area (Å²) in [6.45, 7) is 5.51. The number of benzene rings is 1. The molecule has 3 heteroatoms. The van der Waals surface area contributed by atoms with E-state index in [2.05, 4.69) is 6.92 Å². The first-order valence-corrected chi connectivity index (χ1v) is 6.06. The molecule has 0 saturated carbocycles. The van der Waals surface area contributed by atoms with E-state index in [0.717, 1.165) is 25.9 Å². The quantitative estimate of drug-likeness (QED) is 0.808. The highest BCUT2D eigenvalue weighted by molar-refractivity contribution is 5.73. The average molecular weight is 233 g/mol. The fraction of sp³-hybridized carbons (Fsp3) is 0.500. The lowest BCUT2D eigenvalue weighted by atomic mass is 9.74. The molecule has 1 aliphatic rings. The third-order valence-electron chi connectivity index (χ3n) is 3.88. The normalized spacial score (nSPS) is 19.1. The number of hydrogen-bond acceptors (Lipinski definition) is 2. The molecule has 0 bridgehead atoms. The van der Waals surface area contributed by atoms with Gasteiger partial charge in [-0.3, -0.25) is 4.79 Å². The van der Waals surface area contributed by atoms with Gasteiger partial charge in [0.2, 0.25) is 5.91 Å². The van der Waals surface area contributed by atoms with Crippen LogP contribution in [0.1, 0.15) is 32.3 Å². The minimum Gasteiger partial charge on any atom is -0.508 e. The number of phenolic OH excluding ortho intramolecular Hbond substituents is 1. The van der Waals surface area contributed by atoms with Crippen LogP contribution in [0.3, 0.4) is 0 Å². The summed E-state index contributed by atoms with van der Waals surface area (Å²) in [5.74, 6) is 0.469. The molecular formula is C14H19NO2. The van der Waals surface area contributed by atoms with E-state index >= 15 is 0 Å². The van der Waals surface area contributed by atoms with Crippen molar-refractivity contribution in [2.24, 2.45) is 0 Å². The van der Waals surface area contributed by atoms with Crippen molar-refractivity contribution in [3.8, 4) is 5.75 Å². The third-order valence-corrected chi connectivity index (χ3v) is 3.88. The molecule has 17 heavy (non-hydrogen) atoms. The molecule has 1 fully saturated rings. The van der Waals surface area contributed by atoms with Crippen molar-refractivity contribution in [1.29, 1.82) is 0 Å². The molecule has 1 aromatic carbocycles. The Labute approximate surface area is 102 Å². The Morgan fingerprint density at radius 1 is 1.24 bits per heavy atom. The van der Waals surface area contributed by atoms with Crippen LogP contribution in [0.4, 0.5) is 0 Å². The second-order valence-electron chi connectivity index (χ2n) is 5.11. The second kappa shape index (κ2) is 4.40. The first-order chi connectivity index (χ1) is 8.01. The fourth-order valence-electron chi connectivity index (χ4n) is 2.47. The van der Waals surface area contributed by atoms with Crippen molar-refractivity contribution in [1.82, 2.24) is 4.90 Å². The summed E-state index contributed by atoms with van der Waals surface area (Å²) in [6.07, 6.45) is 1.97. The SMILES string of the molecule is CC(=O)N1CCC(C)(c2ccc(O)cc2)CC1. The van der Waals surface area contributed by atoms with E-state index in [1.54, 1.807) is 19.1 Å². The van der Waals surface area contributed by atoms with E-state index in [9.17, 15) is 9.90 Å². The van der Waals surface area contributed by atoms with Gasteiger partial charge in [0, 0.05) is 20.0 Å². The number of phenols is 1. The molecule has 0 aliphatic carbocycles. The van der Waals surface area contributed by atoms with Crippen molar-refractivity contribution in [3.05, 3.63) is 29.8 Å². The standard InChI is InChI=1S/C14H19NO2/c1-11(16)15-9-7-14(2,8-10-15)12-3-5-13(17)6-4-12/h3-6,17H,7-10H2,1-2H3. The van der Waals surface area contributed by atoms with Crippen molar-refractivity contribution < 1.29 is 9.90 Å². The number of aromatic hydroxyl groups is 1. The molecule has 1 heterocycles. The highest BCUT2D eigenvalue weighted by Crippen LogP contribution is 2.35. The van der Waals surface area contributed by atoms with Crippen LogP contribution in [-0.4, -0.2) is 29.0 Å². The molecule has 0 unspecified atom stereocenters. The first-order valence-electron chi connectivity index (χ1n) is 6.06. The fourth-order valence-corrected chi connectivity index (χ4v) is 2.47. The Bertz CT molecular complexity index is 403. The smallest absolute Gasteiger partial charge is 0.219 e. The van der Waals surface area contributed by atoms with Gasteiger partial charge in [-0.05, 0) is 36.0 Å². The van der Waals surface area contributed by atoms with Crippen LogP contribution < -0.4 is 0 Å². The molecule has 0 radical (unpaired) electrons. The molecule has 1 aromatic rings.